The molecule has 1 aromatic rings. The lowest BCUT2D eigenvalue weighted by Crippen LogP contribution is -2.62. The fraction of sp³-hybridized carbons (Fsp3) is 0.429. The Labute approximate surface area is 115 Å². The maximum Gasteiger partial charge on any atom is 0.417 e. The van der Waals surface area contributed by atoms with E-state index in [0.717, 1.165) is 6.07 Å². The second-order valence-corrected chi connectivity index (χ2v) is 5.30. The molecule has 108 valence electrons. The van der Waals surface area contributed by atoms with Gasteiger partial charge in [-0.25, -0.2) is 0 Å². The highest BCUT2D eigenvalue weighted by atomic mass is 19.4. The maximum absolute atomic E-state index is 13.2. The van der Waals surface area contributed by atoms with Crippen LogP contribution in [0.25, 0.3) is 5.70 Å². The van der Waals surface area contributed by atoms with E-state index in [4.69, 9.17) is 0 Å². The number of nitrogens with zero attached hydrogens (tertiary/aromatic N) is 1. The molecule has 2 atom stereocenters. The summed E-state index contributed by atoms with van der Waals surface area (Å²) in [4.78, 5) is 1.99. The predicted molar refractivity (Wildman–Crippen MR) is 72.2 cm³/mol. The minimum atomic E-state index is -4.37. The molecule has 0 spiro atoms. The molecule has 0 aromatic heterocycles. The van der Waals surface area contributed by atoms with Crippen LogP contribution >= 0.6 is 0 Å². The summed E-state index contributed by atoms with van der Waals surface area (Å²) in [6.45, 7) is 7.14. The SMILES string of the molecule is C=C1NC2CN[C@@H](C)CN2c2cccc(C(F)(F)F)c21. The van der Waals surface area contributed by atoms with Gasteiger partial charge in [0.25, 0.3) is 0 Å². The Morgan fingerprint density at radius 1 is 1.35 bits per heavy atom. The third-order valence-corrected chi connectivity index (χ3v) is 3.81. The van der Waals surface area contributed by atoms with E-state index < -0.39 is 11.7 Å². The molecule has 3 rings (SSSR count). The van der Waals surface area contributed by atoms with Gasteiger partial charge in [-0.3, -0.25) is 0 Å². The first-order valence-electron chi connectivity index (χ1n) is 6.54. The van der Waals surface area contributed by atoms with E-state index >= 15 is 0 Å². The topological polar surface area (TPSA) is 27.3 Å². The van der Waals surface area contributed by atoms with Gasteiger partial charge in [-0.2, -0.15) is 13.2 Å². The van der Waals surface area contributed by atoms with Gasteiger partial charge in [-0.05, 0) is 19.1 Å². The Bertz CT molecular complexity index is 553. The molecule has 0 radical (unpaired) electrons. The van der Waals surface area contributed by atoms with Crippen LogP contribution in [0, 0.1) is 0 Å². The van der Waals surface area contributed by atoms with Crippen LogP contribution in [0.1, 0.15) is 18.1 Å². The zero-order chi connectivity index (χ0) is 14.5. The molecular formula is C14H16F3N3. The van der Waals surface area contributed by atoms with Gasteiger partial charge in [0.1, 0.15) is 6.17 Å². The zero-order valence-electron chi connectivity index (χ0n) is 11.1. The van der Waals surface area contributed by atoms with Gasteiger partial charge in [-0.1, -0.05) is 12.6 Å². The summed E-state index contributed by atoms with van der Waals surface area (Å²) in [5.41, 5.74) is 0.495. The monoisotopic (exact) mass is 283 g/mol. The van der Waals surface area contributed by atoms with Gasteiger partial charge in [0, 0.05) is 36.1 Å². The van der Waals surface area contributed by atoms with Gasteiger partial charge in [0.15, 0.2) is 0 Å². The summed E-state index contributed by atoms with van der Waals surface area (Å²) >= 11 is 0. The average molecular weight is 283 g/mol. The molecule has 2 aliphatic rings. The molecule has 0 saturated carbocycles. The summed E-state index contributed by atoms with van der Waals surface area (Å²) in [7, 11) is 0. The molecular weight excluding hydrogens is 267 g/mol. The smallest absolute Gasteiger partial charge is 0.364 e. The number of benzene rings is 1. The van der Waals surface area contributed by atoms with E-state index in [1.54, 1.807) is 6.07 Å². The van der Waals surface area contributed by atoms with Crippen molar-refractivity contribution in [3.63, 3.8) is 0 Å². The Morgan fingerprint density at radius 3 is 2.80 bits per heavy atom. The first-order valence-corrected chi connectivity index (χ1v) is 6.54. The number of nitrogens with one attached hydrogen (secondary N) is 2. The number of alkyl halides is 3. The molecule has 1 fully saturated rings. The minimum Gasteiger partial charge on any atom is -0.364 e. The molecule has 0 amide bonds. The van der Waals surface area contributed by atoms with Crippen LogP contribution in [-0.2, 0) is 6.18 Å². The van der Waals surface area contributed by atoms with E-state index in [0.29, 0.717) is 24.5 Å². The maximum atomic E-state index is 13.2. The van der Waals surface area contributed by atoms with Gasteiger partial charge in [0.05, 0.1) is 5.56 Å². The molecule has 2 N–H and O–H groups in total. The highest BCUT2D eigenvalue weighted by Crippen LogP contribution is 2.41. The fourth-order valence-electron chi connectivity index (χ4n) is 2.91. The number of fused-ring (bicyclic) bond motifs is 3. The van der Waals surface area contributed by atoms with Crippen molar-refractivity contribution in [3.8, 4) is 0 Å². The van der Waals surface area contributed by atoms with E-state index in [9.17, 15) is 13.2 Å². The molecule has 2 heterocycles. The fourth-order valence-corrected chi connectivity index (χ4v) is 2.91. The van der Waals surface area contributed by atoms with Crippen LogP contribution in [0.2, 0.25) is 0 Å². The van der Waals surface area contributed by atoms with Crippen molar-refractivity contribution in [3.05, 3.63) is 35.9 Å². The van der Waals surface area contributed by atoms with Crippen molar-refractivity contribution in [2.45, 2.75) is 25.3 Å². The molecule has 3 nitrogen and oxygen atoms in total. The van der Waals surface area contributed by atoms with Crippen molar-refractivity contribution in [1.82, 2.24) is 10.6 Å². The minimum absolute atomic E-state index is 0.0466. The van der Waals surface area contributed by atoms with Crippen LogP contribution in [-0.4, -0.2) is 25.3 Å². The Balaban J connectivity index is 2.12. The molecule has 0 aliphatic carbocycles. The van der Waals surface area contributed by atoms with Crippen LogP contribution in [0.3, 0.4) is 0 Å². The summed E-state index contributed by atoms with van der Waals surface area (Å²) < 4.78 is 39.5. The highest BCUT2D eigenvalue weighted by molar-refractivity contribution is 5.81. The van der Waals surface area contributed by atoms with E-state index in [2.05, 4.69) is 17.2 Å². The van der Waals surface area contributed by atoms with Crippen molar-refractivity contribution in [2.24, 2.45) is 0 Å². The van der Waals surface area contributed by atoms with Crippen molar-refractivity contribution in [2.75, 3.05) is 18.0 Å². The van der Waals surface area contributed by atoms with Crippen LogP contribution in [0.5, 0.6) is 0 Å². The molecule has 0 bridgehead atoms. The average Bonchev–Trinajstić information content (AvgIpc) is 2.38. The molecule has 1 unspecified atom stereocenters. The van der Waals surface area contributed by atoms with Crippen LogP contribution < -0.4 is 15.5 Å². The third kappa shape index (κ3) is 2.04. The zero-order valence-corrected chi connectivity index (χ0v) is 11.1. The molecule has 1 aromatic carbocycles. The molecule has 6 heteroatoms. The highest BCUT2D eigenvalue weighted by Gasteiger charge is 2.39. The second-order valence-electron chi connectivity index (χ2n) is 5.30. The quantitative estimate of drug-likeness (QED) is 0.765. The summed E-state index contributed by atoms with van der Waals surface area (Å²) in [6, 6.07) is 4.55. The van der Waals surface area contributed by atoms with Crippen LogP contribution in [0.15, 0.2) is 24.8 Å². The van der Waals surface area contributed by atoms with Gasteiger partial charge >= 0.3 is 6.18 Å². The number of rotatable bonds is 0. The van der Waals surface area contributed by atoms with Gasteiger partial charge in [0.2, 0.25) is 0 Å². The van der Waals surface area contributed by atoms with Crippen molar-refractivity contribution >= 4 is 11.4 Å². The third-order valence-electron chi connectivity index (χ3n) is 3.81. The largest absolute Gasteiger partial charge is 0.417 e. The van der Waals surface area contributed by atoms with Gasteiger partial charge < -0.3 is 15.5 Å². The first-order chi connectivity index (χ1) is 9.38. The molecule has 2 aliphatic heterocycles. The Kier molecular flexibility index (Phi) is 2.93. The first kappa shape index (κ1) is 13.3. The van der Waals surface area contributed by atoms with Crippen molar-refractivity contribution < 1.29 is 13.2 Å². The number of piperazine rings is 1. The standard InChI is InChI=1S/C14H16F3N3/c1-8-7-20-11-5-3-4-10(14(15,16)17)13(11)9(2)19-12(20)6-18-8/h3-5,8,12,18-19H,2,6-7H2,1H3/t8-,12?/m0/s1. The summed E-state index contributed by atoms with van der Waals surface area (Å²) in [5, 5.41) is 6.39. The van der Waals surface area contributed by atoms with E-state index in [1.807, 2.05) is 11.8 Å². The van der Waals surface area contributed by atoms with E-state index in [-0.39, 0.29) is 17.8 Å². The van der Waals surface area contributed by atoms with E-state index in [1.165, 1.54) is 6.07 Å². The lowest BCUT2D eigenvalue weighted by atomic mass is 9.97. The van der Waals surface area contributed by atoms with Crippen LogP contribution in [0.4, 0.5) is 18.9 Å². The number of hydrogen-bond donors (Lipinski definition) is 2. The predicted octanol–water partition coefficient (Wildman–Crippen LogP) is 2.40. The molecule has 1 saturated heterocycles. The molecule has 20 heavy (non-hydrogen) atoms. The Hall–Kier alpha value is -1.69. The van der Waals surface area contributed by atoms with Crippen molar-refractivity contribution in [1.29, 1.82) is 0 Å². The Morgan fingerprint density at radius 2 is 2.10 bits per heavy atom. The number of hydrogen-bond acceptors (Lipinski definition) is 3. The number of anilines is 1. The lowest BCUT2D eigenvalue weighted by molar-refractivity contribution is -0.137. The second kappa shape index (κ2) is 4.41. The van der Waals surface area contributed by atoms with Gasteiger partial charge in [-0.15, -0.1) is 0 Å². The summed E-state index contributed by atoms with van der Waals surface area (Å²) in [6.07, 6.45) is -4.42. The summed E-state index contributed by atoms with van der Waals surface area (Å²) in [5.74, 6) is 0. The normalized spacial score (nSPS) is 25.8. The lowest BCUT2D eigenvalue weighted by Gasteiger charge is -2.46. The number of halogens is 3.